The molecule has 0 aromatic heterocycles. The number of hydrogen-bond donors (Lipinski definition) is 2. The second-order valence-electron chi connectivity index (χ2n) is 3.82. The van der Waals surface area contributed by atoms with Crippen LogP contribution >= 0.6 is 0 Å². The molecule has 0 aliphatic carbocycles. The highest BCUT2D eigenvalue weighted by Gasteiger charge is 2.21. The van der Waals surface area contributed by atoms with Gasteiger partial charge in [-0.25, -0.2) is 0 Å². The first kappa shape index (κ1) is 10.6. The minimum absolute atomic E-state index is 0.201. The molecule has 0 saturated carbocycles. The summed E-state index contributed by atoms with van der Waals surface area (Å²) in [6.07, 6.45) is 1.73. The lowest BCUT2D eigenvalue weighted by atomic mass is 10.1. The van der Waals surface area contributed by atoms with Gasteiger partial charge in [-0.1, -0.05) is 6.07 Å². The number of nitrogens with one attached hydrogen (secondary N) is 2. The van der Waals surface area contributed by atoms with Crippen molar-refractivity contribution in [2.24, 2.45) is 4.99 Å². The highest BCUT2D eigenvalue weighted by molar-refractivity contribution is 6.15. The van der Waals surface area contributed by atoms with Gasteiger partial charge >= 0.3 is 0 Å². The highest BCUT2D eigenvalue weighted by Crippen LogP contribution is 2.33. The summed E-state index contributed by atoms with van der Waals surface area (Å²) in [7, 11) is 1.60. The molecule has 1 aromatic rings. The van der Waals surface area contributed by atoms with Gasteiger partial charge in [0, 0.05) is 7.05 Å². The van der Waals surface area contributed by atoms with Crippen molar-refractivity contribution in [3.05, 3.63) is 29.5 Å². The fraction of sp³-hybridized carbons (Fsp3) is 0.167. The summed E-state index contributed by atoms with van der Waals surface area (Å²) < 4.78 is 10.5. The summed E-state index contributed by atoms with van der Waals surface area (Å²) in [4.78, 5) is 15.5. The number of ether oxygens (including phenoxy) is 2. The Hall–Kier alpha value is -2.50. The molecule has 2 heterocycles. The van der Waals surface area contributed by atoms with E-state index in [1.54, 1.807) is 13.1 Å². The third-order valence-electron chi connectivity index (χ3n) is 2.66. The normalized spacial score (nSPS) is 21.3. The number of benzene rings is 1. The van der Waals surface area contributed by atoms with E-state index in [2.05, 4.69) is 15.6 Å². The third kappa shape index (κ3) is 1.77. The molecular weight excluding hydrogens is 234 g/mol. The first-order valence-electron chi connectivity index (χ1n) is 5.43. The van der Waals surface area contributed by atoms with E-state index in [-0.39, 0.29) is 12.7 Å². The smallest absolute Gasteiger partial charge is 0.274 e. The molecule has 6 nitrogen and oxygen atoms in total. The van der Waals surface area contributed by atoms with Crippen molar-refractivity contribution in [1.82, 2.24) is 10.6 Å². The zero-order valence-corrected chi connectivity index (χ0v) is 9.69. The van der Waals surface area contributed by atoms with Crippen LogP contribution in [0.4, 0.5) is 0 Å². The van der Waals surface area contributed by atoms with Gasteiger partial charge in [0.05, 0.1) is 0 Å². The van der Waals surface area contributed by atoms with Gasteiger partial charge in [0.15, 0.2) is 11.5 Å². The van der Waals surface area contributed by atoms with Gasteiger partial charge in [0.1, 0.15) is 5.70 Å². The van der Waals surface area contributed by atoms with Crippen molar-refractivity contribution in [3.8, 4) is 11.5 Å². The van der Waals surface area contributed by atoms with Gasteiger partial charge in [0.2, 0.25) is 12.8 Å². The Bertz CT molecular complexity index is 578. The van der Waals surface area contributed by atoms with E-state index in [1.807, 2.05) is 18.2 Å². The fourth-order valence-corrected chi connectivity index (χ4v) is 1.77. The molecule has 1 amide bonds. The quantitative estimate of drug-likeness (QED) is 0.705. The molecule has 92 valence electrons. The Kier molecular flexibility index (Phi) is 2.40. The Morgan fingerprint density at radius 3 is 2.89 bits per heavy atom. The first-order valence-corrected chi connectivity index (χ1v) is 5.43. The lowest BCUT2D eigenvalue weighted by molar-refractivity contribution is -0.115. The number of fused-ring (bicyclic) bond motifs is 1. The van der Waals surface area contributed by atoms with Gasteiger partial charge in [-0.05, 0) is 23.8 Å². The maximum absolute atomic E-state index is 11.6. The van der Waals surface area contributed by atoms with Gasteiger partial charge in [0.25, 0.3) is 5.91 Å². The van der Waals surface area contributed by atoms with Crippen molar-refractivity contribution in [3.63, 3.8) is 0 Å². The summed E-state index contributed by atoms with van der Waals surface area (Å²) in [5.41, 5.74) is 1.31. The van der Waals surface area contributed by atoms with Crippen LogP contribution in [0.15, 0.2) is 28.9 Å². The van der Waals surface area contributed by atoms with E-state index in [1.165, 1.54) is 0 Å². The number of hydrogen-bond acceptors (Lipinski definition) is 4. The van der Waals surface area contributed by atoms with Crippen LogP contribution in [0.1, 0.15) is 5.56 Å². The molecule has 0 bridgehead atoms. The standard InChI is InChI=1S/C12H11N3O3/c1-13-12-14-8(11(16)15-12)4-7-2-3-9-10(5-7)18-6-17-9/h2-5H,6H2,1H3,(H2,13,14,15,16). The van der Waals surface area contributed by atoms with Crippen LogP contribution < -0.4 is 20.1 Å². The molecule has 1 saturated heterocycles. The number of carbonyl (C=O) groups excluding carboxylic acids is 1. The van der Waals surface area contributed by atoms with E-state index in [0.29, 0.717) is 17.4 Å². The summed E-state index contributed by atoms with van der Waals surface area (Å²) in [6.45, 7) is 0.237. The van der Waals surface area contributed by atoms with Crippen LogP contribution in [0, 0.1) is 0 Å². The predicted molar refractivity (Wildman–Crippen MR) is 65.2 cm³/mol. The minimum atomic E-state index is -0.201. The molecule has 3 rings (SSSR count). The van der Waals surface area contributed by atoms with Crippen molar-refractivity contribution in [2.45, 2.75) is 0 Å². The third-order valence-corrected chi connectivity index (χ3v) is 2.66. The van der Waals surface area contributed by atoms with Gasteiger partial charge in [-0.2, -0.15) is 0 Å². The van der Waals surface area contributed by atoms with E-state index >= 15 is 0 Å². The number of amides is 1. The Morgan fingerprint density at radius 2 is 2.11 bits per heavy atom. The molecular formula is C12H11N3O3. The minimum Gasteiger partial charge on any atom is -0.454 e. The number of carbonyl (C=O) groups is 1. The maximum atomic E-state index is 11.6. The van der Waals surface area contributed by atoms with Gasteiger partial charge < -0.3 is 14.8 Å². The van der Waals surface area contributed by atoms with Crippen molar-refractivity contribution in [1.29, 1.82) is 0 Å². The SMILES string of the molecule is CN=C1NC(=O)C(=Cc2ccc3c(c2)OCO3)N1. The lowest BCUT2D eigenvalue weighted by Gasteiger charge is -1.99. The molecule has 0 atom stereocenters. The fourth-order valence-electron chi connectivity index (χ4n) is 1.77. The average molecular weight is 245 g/mol. The van der Waals surface area contributed by atoms with Crippen LogP contribution in [-0.2, 0) is 4.79 Å². The molecule has 2 aliphatic rings. The van der Waals surface area contributed by atoms with Gasteiger partial charge in [-0.15, -0.1) is 0 Å². The summed E-state index contributed by atoms with van der Waals surface area (Å²) in [5.74, 6) is 1.66. The lowest BCUT2D eigenvalue weighted by Crippen LogP contribution is -2.24. The molecule has 0 spiro atoms. The van der Waals surface area contributed by atoms with E-state index < -0.39 is 0 Å². The van der Waals surface area contributed by atoms with E-state index in [0.717, 1.165) is 11.3 Å². The molecule has 0 radical (unpaired) electrons. The zero-order chi connectivity index (χ0) is 12.5. The van der Waals surface area contributed by atoms with Crippen LogP contribution in [-0.4, -0.2) is 25.7 Å². The largest absolute Gasteiger partial charge is 0.454 e. The Balaban J connectivity index is 1.90. The monoisotopic (exact) mass is 245 g/mol. The second kappa shape index (κ2) is 4.06. The summed E-state index contributed by atoms with van der Waals surface area (Å²) in [6, 6.07) is 5.50. The molecule has 1 aromatic carbocycles. The highest BCUT2D eigenvalue weighted by atomic mass is 16.7. The van der Waals surface area contributed by atoms with Crippen LogP contribution in [0.25, 0.3) is 6.08 Å². The van der Waals surface area contributed by atoms with Gasteiger partial charge in [-0.3, -0.25) is 15.1 Å². The molecule has 18 heavy (non-hydrogen) atoms. The molecule has 6 heteroatoms. The van der Waals surface area contributed by atoms with Crippen LogP contribution in [0.2, 0.25) is 0 Å². The van der Waals surface area contributed by atoms with Crippen molar-refractivity contribution in [2.75, 3.05) is 13.8 Å². The van der Waals surface area contributed by atoms with Crippen molar-refractivity contribution < 1.29 is 14.3 Å². The molecule has 0 unspecified atom stereocenters. The Labute approximate surface area is 103 Å². The van der Waals surface area contributed by atoms with E-state index in [4.69, 9.17) is 9.47 Å². The average Bonchev–Trinajstić information content (AvgIpc) is 2.96. The van der Waals surface area contributed by atoms with Crippen molar-refractivity contribution >= 4 is 17.9 Å². The van der Waals surface area contributed by atoms with E-state index in [9.17, 15) is 4.79 Å². The first-order chi connectivity index (χ1) is 8.76. The zero-order valence-electron chi connectivity index (χ0n) is 9.69. The molecule has 2 N–H and O–H groups in total. The molecule has 2 aliphatic heterocycles. The molecule has 1 fully saturated rings. The Morgan fingerprint density at radius 1 is 1.28 bits per heavy atom. The maximum Gasteiger partial charge on any atom is 0.274 e. The van der Waals surface area contributed by atoms with Crippen LogP contribution in [0.5, 0.6) is 11.5 Å². The predicted octanol–water partition coefficient (Wildman–Crippen LogP) is 0.461. The van der Waals surface area contributed by atoms with Crippen LogP contribution in [0.3, 0.4) is 0 Å². The number of guanidine groups is 1. The summed E-state index contributed by atoms with van der Waals surface area (Å²) in [5, 5.41) is 5.49. The second-order valence-corrected chi connectivity index (χ2v) is 3.82. The number of rotatable bonds is 1. The number of aliphatic imine (C=N–C) groups is 1. The summed E-state index contributed by atoms with van der Waals surface area (Å²) >= 11 is 0. The number of nitrogens with zero attached hydrogens (tertiary/aromatic N) is 1. The topological polar surface area (TPSA) is 72.0 Å².